The quantitative estimate of drug-likeness (QED) is 0.161. The maximum atomic E-state index is 11.6. The number of rotatable bonds is 21. The minimum atomic E-state index is -1.06. The summed E-state index contributed by atoms with van der Waals surface area (Å²) >= 11 is 0. The molecule has 0 heterocycles. The molecule has 1 unspecified atom stereocenters. The normalized spacial score (nSPS) is 12.1. The molecule has 4 nitrogen and oxygen atoms in total. The van der Waals surface area contributed by atoms with Crippen molar-refractivity contribution in [2.45, 2.75) is 142 Å². The van der Waals surface area contributed by atoms with E-state index in [1.807, 2.05) is 0 Å². The molecule has 0 radical (unpaired) electrons. The van der Waals surface area contributed by atoms with Crippen molar-refractivity contribution < 1.29 is 19.4 Å². The average Bonchev–Trinajstić information content (AvgIpc) is 2.68. The Kier molecular flexibility index (Phi) is 19.9. The molecule has 28 heavy (non-hydrogen) atoms. The van der Waals surface area contributed by atoms with E-state index >= 15 is 0 Å². The molecule has 0 saturated carbocycles. The van der Waals surface area contributed by atoms with Crippen LogP contribution in [0.5, 0.6) is 0 Å². The Morgan fingerprint density at radius 2 is 1.00 bits per heavy atom. The van der Waals surface area contributed by atoms with Crippen molar-refractivity contribution in [1.82, 2.24) is 0 Å². The van der Waals surface area contributed by atoms with Crippen LogP contribution in [0.1, 0.15) is 136 Å². The van der Waals surface area contributed by atoms with E-state index in [2.05, 4.69) is 6.92 Å². The van der Waals surface area contributed by atoms with Gasteiger partial charge in [-0.1, -0.05) is 117 Å². The molecule has 166 valence electrons. The smallest absolute Gasteiger partial charge is 0.345 e. The van der Waals surface area contributed by atoms with Crippen LogP contribution < -0.4 is 0 Å². The topological polar surface area (TPSA) is 63.6 Å². The number of carbonyl (C=O) groups excluding carboxylic acids is 1. The third kappa shape index (κ3) is 18.3. The summed E-state index contributed by atoms with van der Waals surface area (Å²) in [6, 6.07) is 0. The lowest BCUT2D eigenvalue weighted by Gasteiger charge is -2.11. The van der Waals surface area contributed by atoms with Gasteiger partial charge >= 0.3 is 11.9 Å². The average molecular weight is 399 g/mol. The summed E-state index contributed by atoms with van der Waals surface area (Å²) in [5.41, 5.74) is 0. The highest BCUT2D eigenvalue weighted by atomic mass is 16.6. The van der Waals surface area contributed by atoms with Gasteiger partial charge in [-0.15, -0.1) is 0 Å². The molecule has 0 rings (SSSR count). The first-order valence-electron chi connectivity index (χ1n) is 12.0. The third-order valence-electron chi connectivity index (χ3n) is 5.40. The van der Waals surface area contributed by atoms with Gasteiger partial charge in [0, 0.05) is 6.42 Å². The SMILES string of the molecule is CCCCCCCCCCCCCCCCCCCC(=O)OC(CC)C(=O)O. The molecule has 1 atom stereocenters. The Labute approximate surface area is 173 Å². The van der Waals surface area contributed by atoms with E-state index in [1.165, 1.54) is 89.9 Å². The summed E-state index contributed by atoms with van der Waals surface area (Å²) in [4.78, 5) is 22.4. The molecule has 0 aliphatic rings. The number of ether oxygens (including phenoxy) is 1. The van der Waals surface area contributed by atoms with E-state index < -0.39 is 12.1 Å². The molecule has 4 heteroatoms. The van der Waals surface area contributed by atoms with Crippen molar-refractivity contribution in [3.63, 3.8) is 0 Å². The Balaban J connectivity index is 3.23. The monoisotopic (exact) mass is 398 g/mol. The van der Waals surface area contributed by atoms with Crippen LogP contribution in [0, 0.1) is 0 Å². The molecule has 0 bridgehead atoms. The van der Waals surface area contributed by atoms with E-state index in [-0.39, 0.29) is 5.97 Å². The van der Waals surface area contributed by atoms with Crippen molar-refractivity contribution in [1.29, 1.82) is 0 Å². The van der Waals surface area contributed by atoms with Crippen LogP contribution in [0.25, 0.3) is 0 Å². The van der Waals surface area contributed by atoms with Gasteiger partial charge in [0.15, 0.2) is 6.10 Å². The summed E-state index contributed by atoms with van der Waals surface area (Å²) in [7, 11) is 0. The van der Waals surface area contributed by atoms with E-state index in [4.69, 9.17) is 9.84 Å². The second-order valence-corrected chi connectivity index (χ2v) is 8.13. The molecule has 0 fully saturated rings. The highest BCUT2D eigenvalue weighted by Crippen LogP contribution is 2.14. The predicted molar refractivity (Wildman–Crippen MR) is 117 cm³/mol. The van der Waals surface area contributed by atoms with Crippen molar-refractivity contribution in [2.75, 3.05) is 0 Å². The highest BCUT2D eigenvalue weighted by molar-refractivity contribution is 5.77. The molecular weight excluding hydrogens is 352 g/mol. The van der Waals surface area contributed by atoms with Gasteiger partial charge < -0.3 is 9.84 Å². The summed E-state index contributed by atoms with van der Waals surface area (Å²) in [6.45, 7) is 3.98. The number of hydrogen-bond acceptors (Lipinski definition) is 3. The molecule has 0 saturated heterocycles. The van der Waals surface area contributed by atoms with Crippen molar-refractivity contribution >= 4 is 11.9 Å². The number of esters is 1. The second kappa shape index (κ2) is 20.7. The van der Waals surface area contributed by atoms with E-state index in [0.717, 1.165) is 19.3 Å². The largest absolute Gasteiger partial charge is 0.479 e. The Bertz CT molecular complexity index is 368. The third-order valence-corrected chi connectivity index (χ3v) is 5.40. The van der Waals surface area contributed by atoms with E-state index in [1.54, 1.807) is 6.92 Å². The lowest BCUT2D eigenvalue weighted by atomic mass is 10.0. The molecule has 0 aromatic heterocycles. The summed E-state index contributed by atoms with van der Waals surface area (Å²) in [5.74, 6) is -1.44. The minimum Gasteiger partial charge on any atom is -0.479 e. The summed E-state index contributed by atoms with van der Waals surface area (Å²) in [5, 5.41) is 8.87. The Hall–Kier alpha value is -1.06. The fraction of sp³-hybridized carbons (Fsp3) is 0.917. The van der Waals surface area contributed by atoms with Gasteiger partial charge in [-0.25, -0.2) is 4.79 Å². The summed E-state index contributed by atoms with van der Waals surface area (Å²) < 4.78 is 4.95. The lowest BCUT2D eigenvalue weighted by Crippen LogP contribution is -2.26. The van der Waals surface area contributed by atoms with Crippen LogP contribution in [-0.2, 0) is 14.3 Å². The predicted octanol–water partition coefficient (Wildman–Crippen LogP) is 7.43. The minimum absolute atomic E-state index is 0.320. The van der Waals surface area contributed by atoms with Gasteiger partial charge in [0.2, 0.25) is 0 Å². The zero-order valence-corrected chi connectivity index (χ0v) is 18.7. The molecule has 0 spiro atoms. The van der Waals surface area contributed by atoms with Crippen LogP contribution in [0.2, 0.25) is 0 Å². The van der Waals surface area contributed by atoms with Crippen molar-refractivity contribution in [3.8, 4) is 0 Å². The first-order valence-corrected chi connectivity index (χ1v) is 12.0. The number of carboxylic acid groups (broad SMARTS) is 1. The standard InChI is InChI=1S/C24H46O4/c1-3-5-6-7-8-9-10-11-12-13-14-15-16-17-18-19-20-21-23(25)28-22(4-2)24(26)27/h22H,3-21H2,1-2H3,(H,26,27). The van der Waals surface area contributed by atoms with Crippen LogP contribution in [0.3, 0.4) is 0 Å². The van der Waals surface area contributed by atoms with Gasteiger partial charge in [-0.2, -0.15) is 0 Å². The zero-order valence-electron chi connectivity index (χ0n) is 18.7. The first-order chi connectivity index (χ1) is 13.6. The van der Waals surface area contributed by atoms with Gasteiger partial charge in [-0.3, -0.25) is 4.79 Å². The van der Waals surface area contributed by atoms with Gasteiger partial charge in [0.25, 0.3) is 0 Å². The maximum Gasteiger partial charge on any atom is 0.345 e. The number of carbonyl (C=O) groups is 2. The molecule has 0 aromatic rings. The molecule has 0 aliphatic carbocycles. The van der Waals surface area contributed by atoms with Gasteiger partial charge in [-0.05, 0) is 12.8 Å². The fourth-order valence-electron chi connectivity index (χ4n) is 3.52. The second-order valence-electron chi connectivity index (χ2n) is 8.13. The van der Waals surface area contributed by atoms with Crippen molar-refractivity contribution in [3.05, 3.63) is 0 Å². The number of hydrogen-bond donors (Lipinski definition) is 1. The highest BCUT2D eigenvalue weighted by Gasteiger charge is 2.19. The van der Waals surface area contributed by atoms with Crippen LogP contribution >= 0.6 is 0 Å². The zero-order chi connectivity index (χ0) is 20.9. The van der Waals surface area contributed by atoms with Gasteiger partial charge in [0.1, 0.15) is 0 Å². The number of aliphatic carboxylic acids is 1. The molecule has 0 amide bonds. The van der Waals surface area contributed by atoms with Crippen molar-refractivity contribution in [2.24, 2.45) is 0 Å². The number of carboxylic acids is 1. The molecule has 0 aliphatic heterocycles. The maximum absolute atomic E-state index is 11.6. The van der Waals surface area contributed by atoms with Crippen LogP contribution in [0.4, 0.5) is 0 Å². The molecule has 1 N–H and O–H groups in total. The molecular formula is C24H46O4. The first kappa shape index (κ1) is 26.9. The van der Waals surface area contributed by atoms with Crippen LogP contribution in [-0.4, -0.2) is 23.1 Å². The van der Waals surface area contributed by atoms with Gasteiger partial charge in [0.05, 0.1) is 0 Å². The molecule has 0 aromatic carbocycles. The Morgan fingerprint density at radius 1 is 0.643 bits per heavy atom. The van der Waals surface area contributed by atoms with E-state index in [0.29, 0.717) is 12.8 Å². The van der Waals surface area contributed by atoms with Crippen LogP contribution in [0.15, 0.2) is 0 Å². The summed E-state index contributed by atoms with van der Waals surface area (Å²) in [6.07, 6.45) is 21.9. The van der Waals surface area contributed by atoms with E-state index in [9.17, 15) is 9.59 Å². The Morgan fingerprint density at radius 3 is 1.32 bits per heavy atom. The number of unbranched alkanes of at least 4 members (excludes halogenated alkanes) is 16. The fourth-order valence-corrected chi connectivity index (χ4v) is 3.52. The lowest BCUT2D eigenvalue weighted by molar-refractivity contribution is -0.164.